The number of carboxylic acids is 1. The number of fused-ring (bicyclic) bond motifs is 1. The third kappa shape index (κ3) is 6.07. The van der Waals surface area contributed by atoms with Crippen molar-refractivity contribution in [1.29, 1.82) is 0 Å². The number of amides is 1. The molecule has 1 saturated carbocycles. The second kappa shape index (κ2) is 11.0. The predicted octanol–water partition coefficient (Wildman–Crippen LogP) is 8.65. The van der Waals surface area contributed by atoms with Crippen LogP contribution in [0.25, 0.3) is 22.0 Å². The number of hydrogen-bond acceptors (Lipinski definition) is 2. The maximum atomic E-state index is 14.4. The normalized spacial score (nSPS) is 14.3. The number of aromatic carboxylic acids is 1. The van der Waals surface area contributed by atoms with Crippen LogP contribution in [0.15, 0.2) is 91.1 Å². The number of hydrogen-bond donors (Lipinski definition) is 2. The lowest BCUT2D eigenvalue weighted by atomic mass is 9.97. The Morgan fingerprint density at radius 3 is 2.00 bits per heavy atom. The van der Waals surface area contributed by atoms with Crippen molar-refractivity contribution >= 4 is 22.8 Å². The summed E-state index contributed by atoms with van der Waals surface area (Å²) in [5.41, 5.74) is -1.15. The molecule has 236 valence electrons. The van der Waals surface area contributed by atoms with Gasteiger partial charge in [-0.2, -0.15) is 26.3 Å². The van der Waals surface area contributed by atoms with E-state index in [1.165, 1.54) is 36.4 Å². The molecule has 5 nitrogen and oxygen atoms in total. The number of benzene rings is 4. The summed E-state index contributed by atoms with van der Waals surface area (Å²) in [4.78, 5) is 25.3. The van der Waals surface area contributed by atoms with Crippen LogP contribution >= 0.6 is 0 Å². The van der Waals surface area contributed by atoms with Crippen LogP contribution in [0.2, 0.25) is 0 Å². The van der Waals surface area contributed by atoms with Crippen LogP contribution in [0.5, 0.6) is 0 Å². The summed E-state index contributed by atoms with van der Waals surface area (Å²) in [7, 11) is 0. The Bertz CT molecular complexity index is 1970. The number of rotatable bonds is 7. The molecule has 6 rings (SSSR count). The van der Waals surface area contributed by atoms with E-state index in [2.05, 4.69) is 5.32 Å². The topological polar surface area (TPSA) is 71.3 Å². The molecule has 4 aromatic carbocycles. The van der Waals surface area contributed by atoms with Crippen molar-refractivity contribution in [1.82, 2.24) is 9.88 Å². The van der Waals surface area contributed by atoms with Gasteiger partial charge in [-0.1, -0.05) is 24.3 Å². The first-order valence-corrected chi connectivity index (χ1v) is 14.0. The summed E-state index contributed by atoms with van der Waals surface area (Å²) in [5, 5.41) is 12.7. The van der Waals surface area contributed by atoms with E-state index >= 15 is 0 Å². The van der Waals surface area contributed by atoms with Crippen LogP contribution in [-0.2, 0) is 24.4 Å². The zero-order valence-corrected chi connectivity index (χ0v) is 23.6. The summed E-state index contributed by atoms with van der Waals surface area (Å²) in [6.45, 7) is 0.0707. The lowest BCUT2D eigenvalue weighted by Gasteiger charge is -2.20. The third-order valence-electron chi connectivity index (χ3n) is 8.09. The summed E-state index contributed by atoms with van der Waals surface area (Å²) in [5.74, 6) is -2.82. The van der Waals surface area contributed by atoms with Crippen LogP contribution in [0, 0.1) is 5.82 Å². The molecule has 0 spiro atoms. The molecule has 2 N–H and O–H groups in total. The number of halogens is 7. The van der Waals surface area contributed by atoms with E-state index in [0.717, 1.165) is 24.3 Å². The van der Waals surface area contributed by atoms with E-state index in [1.54, 1.807) is 29.0 Å². The summed E-state index contributed by atoms with van der Waals surface area (Å²) >= 11 is 0. The van der Waals surface area contributed by atoms with Gasteiger partial charge >= 0.3 is 18.3 Å². The van der Waals surface area contributed by atoms with Crippen LogP contribution in [0.1, 0.15) is 55.8 Å². The first kappa shape index (κ1) is 30.9. The molecule has 1 aliphatic carbocycles. The number of alkyl halides is 6. The maximum absolute atomic E-state index is 14.4. The van der Waals surface area contributed by atoms with Gasteiger partial charge in [-0.3, -0.25) is 4.79 Å². The minimum Gasteiger partial charge on any atom is -0.478 e. The van der Waals surface area contributed by atoms with Crippen molar-refractivity contribution < 1.29 is 45.4 Å². The van der Waals surface area contributed by atoms with Gasteiger partial charge in [-0.15, -0.1) is 0 Å². The Balaban J connectivity index is 1.43. The van der Waals surface area contributed by atoms with Gasteiger partial charge in [0.15, 0.2) is 0 Å². The fraction of sp³-hybridized carbons (Fsp3) is 0.176. The van der Waals surface area contributed by atoms with Gasteiger partial charge in [0, 0.05) is 18.1 Å². The second-order valence-corrected chi connectivity index (χ2v) is 11.2. The lowest BCUT2D eigenvalue weighted by Crippen LogP contribution is -2.35. The number of nitrogens with one attached hydrogen (secondary N) is 1. The minimum atomic E-state index is -4.82. The van der Waals surface area contributed by atoms with Crippen LogP contribution in [-0.4, -0.2) is 21.6 Å². The number of carbonyl (C=O) groups excluding carboxylic acids is 1. The molecule has 12 heteroatoms. The highest BCUT2D eigenvalue weighted by Gasteiger charge is 2.46. The summed E-state index contributed by atoms with van der Waals surface area (Å²) in [6, 6.07) is 17.1. The molecule has 0 atom stereocenters. The average molecular weight is 641 g/mol. The highest BCUT2D eigenvalue weighted by molar-refractivity contribution is 6.08. The Kier molecular flexibility index (Phi) is 7.41. The Hall–Kier alpha value is -5.13. The van der Waals surface area contributed by atoms with Gasteiger partial charge in [0.1, 0.15) is 5.82 Å². The van der Waals surface area contributed by atoms with Crippen molar-refractivity contribution in [2.45, 2.75) is 37.3 Å². The molecule has 0 saturated heterocycles. The number of carboxylic acid groups (broad SMARTS) is 1. The SMILES string of the molecule is O=C(O)c1ccc(C2(NC(=O)c3cc(-c4cc(F)cc(C(F)(F)F)c4)cc4ccn(Cc5ccc(C(F)(F)F)cc5)c34)CC2)cc1. The fourth-order valence-corrected chi connectivity index (χ4v) is 5.56. The van der Waals surface area contributed by atoms with Crippen LogP contribution in [0.4, 0.5) is 30.7 Å². The monoisotopic (exact) mass is 640 g/mol. The third-order valence-corrected chi connectivity index (χ3v) is 8.09. The molecule has 1 aromatic heterocycles. The molecular weight excluding hydrogens is 617 g/mol. The quantitative estimate of drug-likeness (QED) is 0.175. The number of nitrogens with zero attached hydrogens (tertiary/aromatic N) is 1. The van der Waals surface area contributed by atoms with E-state index < -0.39 is 46.7 Å². The van der Waals surface area contributed by atoms with E-state index in [9.17, 15) is 45.4 Å². The van der Waals surface area contributed by atoms with Crippen molar-refractivity contribution in [2.24, 2.45) is 0 Å². The summed E-state index contributed by atoms with van der Waals surface area (Å²) < 4.78 is 95.9. The first-order valence-electron chi connectivity index (χ1n) is 14.0. The Morgan fingerprint density at radius 2 is 1.41 bits per heavy atom. The molecule has 1 fully saturated rings. The van der Waals surface area contributed by atoms with Gasteiger partial charge in [0.05, 0.1) is 33.3 Å². The maximum Gasteiger partial charge on any atom is 0.416 e. The molecule has 1 aliphatic rings. The van der Waals surface area contributed by atoms with Gasteiger partial charge in [-0.25, -0.2) is 9.18 Å². The van der Waals surface area contributed by atoms with E-state index in [-0.39, 0.29) is 28.8 Å². The highest BCUT2D eigenvalue weighted by Crippen LogP contribution is 2.46. The molecule has 1 amide bonds. The largest absolute Gasteiger partial charge is 0.478 e. The lowest BCUT2D eigenvalue weighted by molar-refractivity contribution is -0.138. The molecule has 0 aliphatic heterocycles. The first-order chi connectivity index (χ1) is 21.6. The summed E-state index contributed by atoms with van der Waals surface area (Å²) in [6.07, 6.45) is -6.65. The zero-order chi connectivity index (χ0) is 33.0. The van der Waals surface area contributed by atoms with Gasteiger partial charge in [-0.05, 0) is 95.8 Å². The standard InChI is InChI=1S/C34H23F7N2O3/c35-27-15-23(14-26(17-27)34(39,40)41)22-13-21-9-12-43(18-19-1-5-25(6-2-19)33(36,37)38)29(21)28(16-22)30(44)42-32(10-11-32)24-7-3-20(4-8-24)31(45)46/h1-9,12-17H,10-11,18H2,(H,42,44)(H,45,46). The van der Waals surface area contributed by atoms with Gasteiger partial charge in [0.25, 0.3) is 5.91 Å². The Morgan fingerprint density at radius 1 is 0.783 bits per heavy atom. The minimum absolute atomic E-state index is 0.0515. The Labute approximate surface area is 256 Å². The van der Waals surface area contributed by atoms with Crippen molar-refractivity contribution in [3.63, 3.8) is 0 Å². The van der Waals surface area contributed by atoms with E-state index in [4.69, 9.17) is 0 Å². The highest BCUT2D eigenvalue weighted by atomic mass is 19.4. The van der Waals surface area contributed by atoms with Crippen molar-refractivity contribution in [3.05, 3.63) is 130 Å². The van der Waals surface area contributed by atoms with Crippen LogP contribution < -0.4 is 5.32 Å². The molecule has 0 bridgehead atoms. The molecule has 0 unspecified atom stereocenters. The van der Waals surface area contributed by atoms with Crippen LogP contribution in [0.3, 0.4) is 0 Å². The van der Waals surface area contributed by atoms with E-state index in [0.29, 0.717) is 40.9 Å². The van der Waals surface area contributed by atoms with E-state index in [1.807, 2.05) is 0 Å². The zero-order valence-electron chi connectivity index (χ0n) is 23.6. The molecular formula is C34H23F7N2O3. The fourth-order valence-electron chi connectivity index (χ4n) is 5.56. The molecule has 46 heavy (non-hydrogen) atoms. The molecule has 0 radical (unpaired) electrons. The smallest absolute Gasteiger partial charge is 0.416 e. The van der Waals surface area contributed by atoms with Gasteiger partial charge in [0.2, 0.25) is 0 Å². The average Bonchev–Trinajstić information content (AvgIpc) is 3.67. The van der Waals surface area contributed by atoms with Gasteiger partial charge < -0.3 is 15.0 Å². The van der Waals surface area contributed by atoms with Crippen molar-refractivity contribution in [3.8, 4) is 11.1 Å². The predicted molar refractivity (Wildman–Crippen MR) is 155 cm³/mol. The molecule has 1 heterocycles. The number of carbonyl (C=O) groups is 2. The number of aromatic nitrogens is 1. The van der Waals surface area contributed by atoms with Crippen molar-refractivity contribution in [2.75, 3.05) is 0 Å². The second-order valence-electron chi connectivity index (χ2n) is 11.2. The molecule has 5 aromatic rings.